The molecule has 6 nitrogen and oxygen atoms in total. The number of hydrogen-bond donors (Lipinski definition) is 2. The highest BCUT2D eigenvalue weighted by Gasteiger charge is 2.08. The quantitative estimate of drug-likeness (QED) is 0.749. The lowest BCUT2D eigenvalue weighted by atomic mass is 10.2. The Morgan fingerprint density at radius 2 is 2.18 bits per heavy atom. The standard InChI is InChI=1S/C15H14N4O2S/c20-14(16-7-10-8-22-9-17-10)6-5-13-15(21)19-12-4-2-1-3-11(12)18-13/h1-4,8-9H,5-7H2,(H,16,20)(H,19,21). The molecule has 0 atom stereocenters. The Labute approximate surface area is 130 Å². The second-order valence-corrected chi connectivity index (χ2v) is 5.50. The van der Waals surface area contributed by atoms with Gasteiger partial charge in [0.15, 0.2) is 0 Å². The van der Waals surface area contributed by atoms with Crippen LogP contribution in [0.4, 0.5) is 0 Å². The Morgan fingerprint density at radius 1 is 1.32 bits per heavy atom. The molecule has 0 saturated heterocycles. The van der Waals surface area contributed by atoms with E-state index in [1.807, 2.05) is 23.6 Å². The largest absolute Gasteiger partial charge is 0.350 e. The van der Waals surface area contributed by atoms with Crippen molar-refractivity contribution in [3.05, 3.63) is 56.9 Å². The molecule has 7 heteroatoms. The molecule has 0 spiro atoms. The minimum absolute atomic E-state index is 0.123. The van der Waals surface area contributed by atoms with Crippen molar-refractivity contribution < 1.29 is 4.79 Å². The molecule has 0 saturated carbocycles. The molecule has 0 fully saturated rings. The zero-order valence-electron chi connectivity index (χ0n) is 11.7. The highest BCUT2D eigenvalue weighted by Crippen LogP contribution is 2.07. The summed E-state index contributed by atoms with van der Waals surface area (Å²) < 4.78 is 0. The number of rotatable bonds is 5. The van der Waals surface area contributed by atoms with E-state index >= 15 is 0 Å². The number of amides is 1. The SMILES string of the molecule is O=C(CCc1nc2ccccc2[nH]c1=O)NCc1cscn1. The van der Waals surface area contributed by atoms with Crippen molar-refractivity contribution in [3.8, 4) is 0 Å². The minimum atomic E-state index is -0.244. The van der Waals surface area contributed by atoms with Crippen molar-refractivity contribution in [2.24, 2.45) is 0 Å². The highest BCUT2D eigenvalue weighted by molar-refractivity contribution is 7.07. The zero-order chi connectivity index (χ0) is 15.4. The van der Waals surface area contributed by atoms with Crippen LogP contribution in [0.5, 0.6) is 0 Å². The van der Waals surface area contributed by atoms with E-state index in [4.69, 9.17) is 0 Å². The van der Waals surface area contributed by atoms with Gasteiger partial charge >= 0.3 is 0 Å². The molecule has 0 aliphatic rings. The number of aromatic amines is 1. The monoisotopic (exact) mass is 314 g/mol. The molecule has 0 bridgehead atoms. The molecular formula is C15H14N4O2S. The van der Waals surface area contributed by atoms with Crippen molar-refractivity contribution in [1.82, 2.24) is 20.3 Å². The minimum Gasteiger partial charge on any atom is -0.350 e. The third-order valence-electron chi connectivity index (χ3n) is 3.21. The molecule has 0 aliphatic heterocycles. The Balaban J connectivity index is 1.62. The molecule has 2 N–H and O–H groups in total. The average molecular weight is 314 g/mol. The number of benzene rings is 1. The zero-order valence-corrected chi connectivity index (χ0v) is 12.5. The van der Waals surface area contributed by atoms with Gasteiger partial charge in [-0.15, -0.1) is 11.3 Å². The maximum absolute atomic E-state index is 11.9. The summed E-state index contributed by atoms with van der Waals surface area (Å²) in [5.41, 5.74) is 4.11. The third-order valence-corrected chi connectivity index (χ3v) is 3.84. The Morgan fingerprint density at radius 3 is 3.00 bits per heavy atom. The number of H-pyrrole nitrogens is 1. The second kappa shape index (κ2) is 6.48. The number of carbonyl (C=O) groups excluding carboxylic acids is 1. The molecule has 1 amide bonds. The summed E-state index contributed by atoms with van der Waals surface area (Å²) in [7, 11) is 0. The van der Waals surface area contributed by atoms with Gasteiger partial charge < -0.3 is 10.3 Å². The van der Waals surface area contributed by atoms with E-state index in [-0.39, 0.29) is 17.9 Å². The summed E-state index contributed by atoms with van der Waals surface area (Å²) in [5, 5.41) is 4.66. The molecule has 2 aromatic heterocycles. The molecule has 0 radical (unpaired) electrons. The van der Waals surface area contributed by atoms with Crippen molar-refractivity contribution in [2.45, 2.75) is 19.4 Å². The van der Waals surface area contributed by atoms with Crippen LogP contribution in [-0.2, 0) is 17.8 Å². The fourth-order valence-electron chi connectivity index (χ4n) is 2.07. The third kappa shape index (κ3) is 3.37. The van der Waals surface area contributed by atoms with Gasteiger partial charge in [-0.1, -0.05) is 12.1 Å². The van der Waals surface area contributed by atoms with Crippen LogP contribution in [0.2, 0.25) is 0 Å². The van der Waals surface area contributed by atoms with E-state index < -0.39 is 0 Å². The summed E-state index contributed by atoms with van der Waals surface area (Å²) >= 11 is 1.49. The molecule has 0 unspecified atom stereocenters. The Hall–Kier alpha value is -2.54. The van der Waals surface area contributed by atoms with Gasteiger partial charge in [0.1, 0.15) is 5.69 Å². The molecule has 2 heterocycles. The number of para-hydroxylation sites is 2. The lowest BCUT2D eigenvalue weighted by molar-refractivity contribution is -0.121. The lowest BCUT2D eigenvalue weighted by Gasteiger charge is -2.04. The summed E-state index contributed by atoms with van der Waals surface area (Å²) in [4.78, 5) is 34.9. The van der Waals surface area contributed by atoms with Crippen LogP contribution >= 0.6 is 11.3 Å². The second-order valence-electron chi connectivity index (χ2n) is 4.79. The molecule has 22 heavy (non-hydrogen) atoms. The van der Waals surface area contributed by atoms with E-state index in [2.05, 4.69) is 20.3 Å². The van der Waals surface area contributed by atoms with Gasteiger partial charge in [0.2, 0.25) is 5.91 Å². The van der Waals surface area contributed by atoms with Crippen LogP contribution in [0.15, 0.2) is 40.0 Å². The van der Waals surface area contributed by atoms with Gasteiger partial charge in [-0.25, -0.2) is 9.97 Å². The van der Waals surface area contributed by atoms with E-state index in [0.717, 1.165) is 11.2 Å². The number of fused-ring (bicyclic) bond motifs is 1. The predicted octanol–water partition coefficient (Wildman–Crippen LogP) is 1.63. The number of aryl methyl sites for hydroxylation is 1. The van der Waals surface area contributed by atoms with Crippen LogP contribution in [0, 0.1) is 0 Å². The first-order chi connectivity index (χ1) is 10.7. The Kier molecular flexibility index (Phi) is 4.24. The van der Waals surface area contributed by atoms with Gasteiger partial charge in [-0.2, -0.15) is 0 Å². The molecule has 3 rings (SSSR count). The molecule has 3 aromatic rings. The number of thiazole rings is 1. The summed E-state index contributed by atoms with van der Waals surface area (Å²) in [6.07, 6.45) is 0.529. The number of nitrogens with one attached hydrogen (secondary N) is 2. The van der Waals surface area contributed by atoms with E-state index in [1.165, 1.54) is 11.3 Å². The van der Waals surface area contributed by atoms with Crippen molar-refractivity contribution in [1.29, 1.82) is 0 Å². The summed E-state index contributed by atoms with van der Waals surface area (Å²) in [5.74, 6) is -0.123. The highest BCUT2D eigenvalue weighted by atomic mass is 32.1. The number of aromatic nitrogens is 3. The molecule has 112 valence electrons. The summed E-state index contributed by atoms with van der Waals surface area (Å²) in [6.45, 7) is 0.407. The fraction of sp³-hybridized carbons (Fsp3) is 0.200. The smallest absolute Gasteiger partial charge is 0.270 e. The predicted molar refractivity (Wildman–Crippen MR) is 84.6 cm³/mol. The molecule has 1 aromatic carbocycles. The Bertz CT molecular complexity index is 842. The van der Waals surface area contributed by atoms with Crippen LogP contribution in [0.1, 0.15) is 17.8 Å². The normalized spacial score (nSPS) is 10.7. The van der Waals surface area contributed by atoms with Crippen LogP contribution in [0.25, 0.3) is 11.0 Å². The number of carbonyl (C=O) groups is 1. The van der Waals surface area contributed by atoms with Crippen LogP contribution in [0.3, 0.4) is 0 Å². The van der Waals surface area contributed by atoms with Crippen LogP contribution < -0.4 is 10.9 Å². The van der Waals surface area contributed by atoms with Gasteiger partial charge in [-0.05, 0) is 12.1 Å². The van der Waals surface area contributed by atoms with Gasteiger partial charge in [-0.3, -0.25) is 9.59 Å². The van der Waals surface area contributed by atoms with Crippen LogP contribution in [-0.4, -0.2) is 20.9 Å². The first kappa shape index (κ1) is 14.4. The molecule has 0 aliphatic carbocycles. The lowest BCUT2D eigenvalue weighted by Crippen LogP contribution is -2.24. The van der Waals surface area contributed by atoms with Gasteiger partial charge in [0.05, 0.1) is 28.8 Å². The summed E-state index contributed by atoms with van der Waals surface area (Å²) in [6, 6.07) is 7.33. The molecular weight excluding hydrogens is 300 g/mol. The van der Waals surface area contributed by atoms with E-state index in [1.54, 1.807) is 11.6 Å². The van der Waals surface area contributed by atoms with E-state index in [0.29, 0.717) is 24.2 Å². The topological polar surface area (TPSA) is 87.7 Å². The average Bonchev–Trinajstić information content (AvgIpc) is 3.04. The number of hydrogen-bond acceptors (Lipinski definition) is 5. The van der Waals surface area contributed by atoms with Gasteiger partial charge in [0.25, 0.3) is 5.56 Å². The first-order valence-corrected chi connectivity index (χ1v) is 7.78. The van der Waals surface area contributed by atoms with Crippen molar-refractivity contribution in [3.63, 3.8) is 0 Å². The van der Waals surface area contributed by atoms with Gasteiger partial charge in [0, 0.05) is 18.2 Å². The number of nitrogens with zero attached hydrogens (tertiary/aromatic N) is 2. The van der Waals surface area contributed by atoms with E-state index in [9.17, 15) is 9.59 Å². The van der Waals surface area contributed by atoms with Crippen molar-refractivity contribution >= 4 is 28.3 Å². The van der Waals surface area contributed by atoms with Crippen molar-refractivity contribution in [2.75, 3.05) is 0 Å². The first-order valence-electron chi connectivity index (χ1n) is 6.84. The maximum atomic E-state index is 11.9. The maximum Gasteiger partial charge on any atom is 0.270 e. The fourth-order valence-corrected chi connectivity index (χ4v) is 2.63.